The van der Waals surface area contributed by atoms with Crippen molar-refractivity contribution >= 4 is 29.3 Å². The largest absolute Gasteiger partial charge is 0.346 e. The first-order chi connectivity index (χ1) is 15.4. The first kappa shape index (κ1) is 22.1. The van der Waals surface area contributed by atoms with Crippen molar-refractivity contribution < 1.29 is 9.59 Å². The number of nitrogens with zero attached hydrogens (tertiary/aromatic N) is 2. The summed E-state index contributed by atoms with van der Waals surface area (Å²) in [6.45, 7) is 5.68. The summed E-state index contributed by atoms with van der Waals surface area (Å²) in [6, 6.07) is 16.5. The van der Waals surface area contributed by atoms with Crippen molar-refractivity contribution in [2.45, 2.75) is 50.1 Å². The van der Waals surface area contributed by atoms with E-state index in [1.165, 1.54) is 11.8 Å². The van der Waals surface area contributed by atoms with Gasteiger partial charge in [-0.05, 0) is 50.3 Å². The zero-order chi connectivity index (χ0) is 22.7. The van der Waals surface area contributed by atoms with E-state index >= 15 is 0 Å². The molecule has 0 radical (unpaired) electrons. The van der Waals surface area contributed by atoms with E-state index < -0.39 is 0 Å². The number of benzene rings is 2. The summed E-state index contributed by atoms with van der Waals surface area (Å²) in [5, 5.41) is 6.13. The monoisotopic (exact) mass is 448 g/mol. The molecule has 3 aromatic rings. The smallest absolute Gasteiger partial charge is 0.243 e. The zero-order valence-corrected chi connectivity index (χ0v) is 19.4. The molecule has 166 valence electrons. The minimum atomic E-state index is -0.369. The highest BCUT2D eigenvalue weighted by Crippen LogP contribution is 2.42. The molecule has 0 aliphatic heterocycles. The molecule has 2 N–H and O–H groups in total. The number of amides is 2. The Labute approximate surface area is 192 Å². The van der Waals surface area contributed by atoms with Crippen LogP contribution in [0.25, 0.3) is 11.3 Å². The third kappa shape index (κ3) is 5.05. The molecule has 6 nitrogen and oxygen atoms in total. The van der Waals surface area contributed by atoms with Crippen LogP contribution < -0.4 is 10.6 Å². The molecule has 1 heterocycles. The van der Waals surface area contributed by atoms with Crippen LogP contribution in [0.4, 0.5) is 5.69 Å². The Balaban J connectivity index is 1.37. The lowest BCUT2D eigenvalue weighted by Gasteiger charge is -2.15. The highest BCUT2D eigenvalue weighted by molar-refractivity contribution is 8.00. The van der Waals surface area contributed by atoms with Gasteiger partial charge in [-0.3, -0.25) is 9.59 Å². The van der Waals surface area contributed by atoms with Crippen molar-refractivity contribution in [3.63, 3.8) is 0 Å². The SMILES string of the molecule is Cc1cccc(C)c1NC(=O)CNC(=O)C(C)Sc1ncc(-c2ccccc2)n1C1CC1. The molecule has 0 spiro atoms. The van der Waals surface area contributed by atoms with Gasteiger partial charge in [0.05, 0.1) is 23.7 Å². The fraction of sp³-hybridized carbons (Fsp3) is 0.320. The van der Waals surface area contributed by atoms with Crippen molar-refractivity contribution in [2.75, 3.05) is 11.9 Å². The van der Waals surface area contributed by atoms with Crippen LogP contribution >= 0.6 is 11.8 Å². The van der Waals surface area contributed by atoms with Crippen molar-refractivity contribution in [3.8, 4) is 11.3 Å². The third-order valence-electron chi connectivity index (χ3n) is 5.56. The Hall–Kier alpha value is -3.06. The molecule has 0 saturated heterocycles. The van der Waals surface area contributed by atoms with E-state index in [-0.39, 0.29) is 23.6 Å². The van der Waals surface area contributed by atoms with Gasteiger partial charge < -0.3 is 15.2 Å². The van der Waals surface area contributed by atoms with E-state index in [1.54, 1.807) is 0 Å². The number of anilines is 1. The normalized spacial score (nSPS) is 14.1. The summed E-state index contributed by atoms with van der Waals surface area (Å²) in [7, 11) is 0. The zero-order valence-electron chi connectivity index (χ0n) is 18.6. The van der Waals surface area contributed by atoms with Crippen molar-refractivity contribution in [1.29, 1.82) is 0 Å². The molecule has 1 aliphatic carbocycles. The Kier molecular flexibility index (Phi) is 6.65. The molecule has 1 unspecified atom stereocenters. The molecule has 7 heteroatoms. The van der Waals surface area contributed by atoms with E-state index in [0.29, 0.717) is 6.04 Å². The number of imidazole rings is 1. The lowest BCUT2D eigenvalue weighted by molar-refractivity contribution is -0.123. The summed E-state index contributed by atoms with van der Waals surface area (Å²) in [4.78, 5) is 29.6. The van der Waals surface area contributed by atoms with Gasteiger partial charge >= 0.3 is 0 Å². The molecule has 1 atom stereocenters. The predicted molar refractivity (Wildman–Crippen MR) is 129 cm³/mol. The molecule has 1 fully saturated rings. The second-order valence-corrected chi connectivity index (χ2v) is 9.49. The van der Waals surface area contributed by atoms with Gasteiger partial charge in [0, 0.05) is 11.7 Å². The maximum atomic E-state index is 12.7. The number of nitrogens with one attached hydrogen (secondary N) is 2. The number of carbonyl (C=O) groups is 2. The molecule has 4 rings (SSSR count). The fourth-order valence-electron chi connectivity index (χ4n) is 3.66. The molecular weight excluding hydrogens is 420 g/mol. The average molecular weight is 449 g/mol. The first-order valence-electron chi connectivity index (χ1n) is 10.9. The van der Waals surface area contributed by atoms with Gasteiger partial charge in [-0.15, -0.1) is 0 Å². The van der Waals surface area contributed by atoms with Gasteiger partial charge in [0.25, 0.3) is 0 Å². The first-order valence-corrected chi connectivity index (χ1v) is 11.7. The quantitative estimate of drug-likeness (QED) is 0.488. The van der Waals surface area contributed by atoms with Gasteiger partial charge in [0.1, 0.15) is 0 Å². The van der Waals surface area contributed by atoms with Crippen LogP contribution in [-0.2, 0) is 9.59 Å². The van der Waals surface area contributed by atoms with E-state index in [9.17, 15) is 9.59 Å². The maximum absolute atomic E-state index is 12.7. The van der Waals surface area contributed by atoms with E-state index in [2.05, 4.69) is 32.3 Å². The van der Waals surface area contributed by atoms with E-state index in [4.69, 9.17) is 0 Å². The van der Waals surface area contributed by atoms with Crippen LogP contribution in [0.2, 0.25) is 0 Å². The molecule has 2 amide bonds. The number of aryl methyl sites for hydroxylation is 2. The van der Waals surface area contributed by atoms with Crippen LogP contribution in [0.5, 0.6) is 0 Å². The number of rotatable bonds is 8. The fourth-order valence-corrected chi connectivity index (χ4v) is 4.64. The minimum Gasteiger partial charge on any atom is -0.346 e. The highest BCUT2D eigenvalue weighted by Gasteiger charge is 2.30. The molecule has 32 heavy (non-hydrogen) atoms. The average Bonchev–Trinajstić information content (AvgIpc) is 3.55. The molecule has 1 aromatic heterocycles. The van der Waals surface area contributed by atoms with Crippen molar-refractivity contribution in [2.24, 2.45) is 0 Å². The van der Waals surface area contributed by atoms with Gasteiger partial charge in [0.15, 0.2) is 5.16 Å². The summed E-state index contributed by atoms with van der Waals surface area (Å²) >= 11 is 1.43. The van der Waals surface area contributed by atoms with Gasteiger partial charge in [-0.1, -0.05) is 60.3 Å². The highest BCUT2D eigenvalue weighted by atomic mass is 32.2. The number of aromatic nitrogens is 2. The van der Waals surface area contributed by atoms with Crippen molar-refractivity contribution in [1.82, 2.24) is 14.9 Å². The summed E-state index contributed by atoms with van der Waals surface area (Å²) in [5.41, 5.74) is 4.99. The molecule has 1 aliphatic rings. The number of hydrogen-bond donors (Lipinski definition) is 2. The topological polar surface area (TPSA) is 76.0 Å². The summed E-state index contributed by atoms with van der Waals surface area (Å²) in [5.74, 6) is -0.419. The Bertz CT molecular complexity index is 1100. The standard InChI is InChI=1S/C25H28N4O2S/c1-16-8-7-9-17(2)23(16)28-22(30)15-26-24(31)18(3)32-25-27-14-21(29(25)20-12-13-20)19-10-5-4-6-11-19/h4-11,14,18,20H,12-13,15H2,1-3H3,(H,26,31)(H,28,30). The van der Waals surface area contributed by atoms with Gasteiger partial charge in [0.2, 0.25) is 11.8 Å². The predicted octanol–water partition coefficient (Wildman–Crippen LogP) is 4.74. The minimum absolute atomic E-state index is 0.0656. The van der Waals surface area contributed by atoms with Crippen LogP contribution in [0, 0.1) is 13.8 Å². The Morgan fingerprint density at radius 2 is 1.78 bits per heavy atom. The number of carbonyl (C=O) groups excluding carboxylic acids is 2. The number of hydrogen-bond acceptors (Lipinski definition) is 4. The molecular formula is C25H28N4O2S. The number of thioether (sulfide) groups is 1. The van der Waals surface area contributed by atoms with Crippen LogP contribution in [0.1, 0.15) is 36.9 Å². The van der Waals surface area contributed by atoms with Crippen LogP contribution in [-0.4, -0.2) is 33.2 Å². The molecule has 1 saturated carbocycles. The summed E-state index contributed by atoms with van der Waals surface area (Å²) < 4.78 is 2.25. The summed E-state index contributed by atoms with van der Waals surface area (Å²) in [6.07, 6.45) is 4.14. The van der Waals surface area contributed by atoms with Crippen LogP contribution in [0.15, 0.2) is 59.9 Å². The lowest BCUT2D eigenvalue weighted by Crippen LogP contribution is -2.37. The van der Waals surface area contributed by atoms with E-state index in [1.807, 2.05) is 63.4 Å². The number of para-hydroxylation sites is 1. The maximum Gasteiger partial charge on any atom is 0.243 e. The molecule has 0 bridgehead atoms. The molecule has 2 aromatic carbocycles. The van der Waals surface area contributed by atoms with Gasteiger partial charge in [-0.25, -0.2) is 4.98 Å². The second kappa shape index (κ2) is 9.61. The van der Waals surface area contributed by atoms with Crippen molar-refractivity contribution in [3.05, 3.63) is 65.9 Å². The van der Waals surface area contributed by atoms with Crippen LogP contribution in [0.3, 0.4) is 0 Å². The van der Waals surface area contributed by atoms with E-state index in [0.717, 1.165) is 46.1 Å². The lowest BCUT2D eigenvalue weighted by atomic mass is 10.1. The van der Waals surface area contributed by atoms with Gasteiger partial charge in [-0.2, -0.15) is 0 Å². The Morgan fingerprint density at radius 3 is 2.44 bits per heavy atom. The second-order valence-electron chi connectivity index (χ2n) is 8.19. The Morgan fingerprint density at radius 1 is 1.09 bits per heavy atom. The third-order valence-corrected chi connectivity index (χ3v) is 6.65.